The number of carbonyl (C=O) groups excluding carboxylic acids is 2. The minimum Gasteiger partial charge on any atom is -0.476 e. The SMILES string of the molecule is COC(=O)c1ccccc1NC(=O)COc1c(-c2ccc(Cl)cc2)oc2ccc(Cl)cc2c1=O. The molecule has 172 valence electrons. The first-order valence-electron chi connectivity index (χ1n) is 9.99. The largest absolute Gasteiger partial charge is 0.476 e. The van der Waals surface area contributed by atoms with Crippen LogP contribution in [0.15, 0.2) is 75.9 Å². The molecule has 7 nitrogen and oxygen atoms in total. The van der Waals surface area contributed by atoms with E-state index in [9.17, 15) is 14.4 Å². The summed E-state index contributed by atoms with van der Waals surface area (Å²) < 4.78 is 16.3. The molecule has 0 spiro atoms. The van der Waals surface area contributed by atoms with Crippen molar-refractivity contribution < 1.29 is 23.5 Å². The van der Waals surface area contributed by atoms with E-state index in [1.54, 1.807) is 54.6 Å². The molecule has 1 amide bonds. The number of hydrogen-bond acceptors (Lipinski definition) is 6. The van der Waals surface area contributed by atoms with Gasteiger partial charge >= 0.3 is 5.97 Å². The molecule has 0 aliphatic carbocycles. The number of nitrogens with one attached hydrogen (secondary N) is 1. The maximum atomic E-state index is 13.2. The van der Waals surface area contributed by atoms with Crippen LogP contribution in [0.2, 0.25) is 10.0 Å². The number of benzene rings is 3. The highest BCUT2D eigenvalue weighted by atomic mass is 35.5. The molecule has 0 bridgehead atoms. The monoisotopic (exact) mass is 497 g/mol. The van der Waals surface area contributed by atoms with Crippen molar-refractivity contribution in [3.05, 3.63) is 92.6 Å². The molecule has 0 saturated heterocycles. The van der Waals surface area contributed by atoms with Gasteiger partial charge < -0.3 is 19.2 Å². The van der Waals surface area contributed by atoms with Gasteiger partial charge in [0, 0.05) is 15.6 Å². The van der Waals surface area contributed by atoms with Gasteiger partial charge in [-0.25, -0.2) is 4.79 Å². The number of carbonyl (C=O) groups is 2. The summed E-state index contributed by atoms with van der Waals surface area (Å²) in [5.41, 5.74) is 0.780. The molecule has 1 heterocycles. The van der Waals surface area contributed by atoms with E-state index in [-0.39, 0.29) is 28.1 Å². The van der Waals surface area contributed by atoms with Crippen molar-refractivity contribution in [1.29, 1.82) is 0 Å². The number of esters is 1. The Hall–Kier alpha value is -3.81. The Morgan fingerprint density at radius 2 is 1.68 bits per heavy atom. The molecule has 0 atom stereocenters. The van der Waals surface area contributed by atoms with Gasteiger partial charge in [0.1, 0.15) is 5.58 Å². The van der Waals surface area contributed by atoms with Crippen molar-refractivity contribution in [3.8, 4) is 17.1 Å². The predicted octanol–water partition coefficient (Wildman–Crippen LogP) is 5.57. The quantitative estimate of drug-likeness (QED) is 0.350. The van der Waals surface area contributed by atoms with Crippen LogP contribution in [-0.2, 0) is 9.53 Å². The van der Waals surface area contributed by atoms with Crippen LogP contribution in [0.3, 0.4) is 0 Å². The van der Waals surface area contributed by atoms with E-state index in [2.05, 4.69) is 5.32 Å². The predicted molar refractivity (Wildman–Crippen MR) is 130 cm³/mol. The summed E-state index contributed by atoms with van der Waals surface area (Å²) in [6, 6.07) is 17.6. The maximum absolute atomic E-state index is 13.2. The first kappa shape index (κ1) is 23.4. The lowest BCUT2D eigenvalue weighted by molar-refractivity contribution is -0.118. The minimum absolute atomic E-state index is 0.138. The van der Waals surface area contributed by atoms with E-state index >= 15 is 0 Å². The van der Waals surface area contributed by atoms with E-state index < -0.39 is 23.9 Å². The van der Waals surface area contributed by atoms with Crippen LogP contribution in [-0.4, -0.2) is 25.6 Å². The Labute approximate surface area is 203 Å². The Balaban J connectivity index is 1.67. The lowest BCUT2D eigenvalue weighted by atomic mass is 10.1. The highest BCUT2D eigenvalue weighted by Gasteiger charge is 2.20. The number of rotatable bonds is 6. The van der Waals surface area contributed by atoms with Gasteiger partial charge in [0.05, 0.1) is 23.7 Å². The van der Waals surface area contributed by atoms with Crippen LogP contribution in [0.1, 0.15) is 10.4 Å². The van der Waals surface area contributed by atoms with Gasteiger partial charge in [-0.15, -0.1) is 0 Å². The third-order valence-electron chi connectivity index (χ3n) is 4.87. The number of amides is 1. The second kappa shape index (κ2) is 9.99. The summed E-state index contributed by atoms with van der Waals surface area (Å²) in [4.78, 5) is 37.8. The first-order valence-corrected chi connectivity index (χ1v) is 10.7. The summed E-state index contributed by atoms with van der Waals surface area (Å²) in [7, 11) is 1.24. The van der Waals surface area contributed by atoms with Gasteiger partial charge in [-0.05, 0) is 54.6 Å². The van der Waals surface area contributed by atoms with Gasteiger partial charge in [-0.1, -0.05) is 35.3 Å². The van der Waals surface area contributed by atoms with Gasteiger partial charge in [-0.3, -0.25) is 9.59 Å². The van der Waals surface area contributed by atoms with Crippen LogP contribution >= 0.6 is 23.2 Å². The zero-order valence-electron chi connectivity index (χ0n) is 17.8. The molecule has 1 N–H and O–H groups in total. The summed E-state index contributed by atoms with van der Waals surface area (Å²) in [6.45, 7) is -0.521. The summed E-state index contributed by atoms with van der Waals surface area (Å²) in [5, 5.41) is 3.65. The number of methoxy groups -OCH3 is 1. The number of ether oxygens (including phenoxy) is 2. The van der Waals surface area contributed by atoms with E-state index in [0.29, 0.717) is 21.2 Å². The van der Waals surface area contributed by atoms with E-state index in [1.807, 2.05) is 0 Å². The van der Waals surface area contributed by atoms with Crippen LogP contribution in [0.4, 0.5) is 5.69 Å². The average Bonchev–Trinajstić information content (AvgIpc) is 2.84. The molecule has 0 aliphatic heterocycles. The fraction of sp³-hybridized carbons (Fsp3) is 0.0800. The van der Waals surface area contributed by atoms with E-state index in [0.717, 1.165) is 0 Å². The molecule has 9 heteroatoms. The zero-order valence-corrected chi connectivity index (χ0v) is 19.3. The van der Waals surface area contributed by atoms with Gasteiger partial charge in [0.15, 0.2) is 12.4 Å². The van der Waals surface area contributed by atoms with Crippen molar-refractivity contribution in [1.82, 2.24) is 0 Å². The highest BCUT2D eigenvalue weighted by Crippen LogP contribution is 2.32. The lowest BCUT2D eigenvalue weighted by Gasteiger charge is -2.13. The van der Waals surface area contributed by atoms with Crippen molar-refractivity contribution in [2.45, 2.75) is 0 Å². The fourth-order valence-electron chi connectivity index (χ4n) is 3.28. The van der Waals surface area contributed by atoms with Gasteiger partial charge in [-0.2, -0.15) is 0 Å². The lowest BCUT2D eigenvalue weighted by Crippen LogP contribution is -2.23. The second-order valence-corrected chi connectivity index (χ2v) is 7.98. The molecule has 0 fully saturated rings. The molecule has 0 aliphatic rings. The van der Waals surface area contributed by atoms with Crippen LogP contribution in [0.25, 0.3) is 22.3 Å². The van der Waals surface area contributed by atoms with Crippen molar-refractivity contribution in [2.75, 3.05) is 19.0 Å². The second-order valence-electron chi connectivity index (χ2n) is 7.11. The Morgan fingerprint density at radius 1 is 0.971 bits per heavy atom. The van der Waals surface area contributed by atoms with Crippen LogP contribution in [0.5, 0.6) is 5.75 Å². The van der Waals surface area contributed by atoms with Gasteiger partial charge in [0.2, 0.25) is 11.2 Å². The Kier molecular flexibility index (Phi) is 6.86. The van der Waals surface area contributed by atoms with Crippen molar-refractivity contribution in [2.24, 2.45) is 0 Å². The van der Waals surface area contributed by atoms with Crippen LogP contribution < -0.4 is 15.5 Å². The molecular weight excluding hydrogens is 481 g/mol. The Bertz CT molecular complexity index is 1450. The molecule has 34 heavy (non-hydrogen) atoms. The van der Waals surface area contributed by atoms with Crippen molar-refractivity contribution in [3.63, 3.8) is 0 Å². The number of para-hydroxylation sites is 1. The zero-order chi connectivity index (χ0) is 24.2. The summed E-state index contributed by atoms with van der Waals surface area (Å²) in [6.07, 6.45) is 0. The van der Waals surface area contributed by atoms with Crippen molar-refractivity contribution >= 4 is 51.7 Å². The molecule has 0 saturated carbocycles. The molecule has 4 rings (SSSR count). The Morgan fingerprint density at radius 3 is 2.41 bits per heavy atom. The third kappa shape index (κ3) is 4.90. The molecule has 4 aromatic rings. The average molecular weight is 498 g/mol. The normalized spacial score (nSPS) is 10.7. The molecule has 1 aromatic heterocycles. The molecule has 3 aromatic carbocycles. The molecular formula is C25H17Cl2NO6. The molecule has 0 unspecified atom stereocenters. The van der Waals surface area contributed by atoms with E-state index in [4.69, 9.17) is 37.1 Å². The number of halogens is 2. The number of anilines is 1. The summed E-state index contributed by atoms with van der Waals surface area (Å²) in [5.74, 6) is -1.22. The highest BCUT2D eigenvalue weighted by molar-refractivity contribution is 6.31. The minimum atomic E-state index is -0.603. The topological polar surface area (TPSA) is 94.8 Å². The van der Waals surface area contributed by atoms with E-state index in [1.165, 1.54) is 19.2 Å². The van der Waals surface area contributed by atoms with Gasteiger partial charge in [0.25, 0.3) is 5.91 Å². The number of hydrogen-bond donors (Lipinski definition) is 1. The smallest absolute Gasteiger partial charge is 0.339 e. The first-order chi connectivity index (χ1) is 16.4. The standard InChI is InChI=1S/C25H17Cl2NO6/c1-32-25(31)17-4-2-3-5-19(17)28-21(29)13-33-24-22(30)18-12-16(27)10-11-20(18)34-23(24)14-6-8-15(26)9-7-14/h2-12H,13H2,1H3,(H,28,29). The van der Waals surface area contributed by atoms with Crippen LogP contribution in [0, 0.1) is 0 Å². The maximum Gasteiger partial charge on any atom is 0.339 e. The number of fused-ring (bicyclic) bond motifs is 1. The summed E-state index contributed by atoms with van der Waals surface area (Å²) >= 11 is 12.0. The third-order valence-corrected chi connectivity index (χ3v) is 5.36. The molecule has 0 radical (unpaired) electrons. The fourth-order valence-corrected chi connectivity index (χ4v) is 3.57.